The van der Waals surface area contributed by atoms with Crippen LogP contribution in [0.25, 0.3) is 0 Å². The van der Waals surface area contributed by atoms with Gasteiger partial charge in [-0.2, -0.15) is 0 Å². The Balaban J connectivity index is 1.61. The molecule has 1 amide bonds. The van der Waals surface area contributed by atoms with Gasteiger partial charge in [-0.25, -0.2) is 0 Å². The van der Waals surface area contributed by atoms with Crippen molar-refractivity contribution in [1.29, 1.82) is 0 Å². The van der Waals surface area contributed by atoms with Crippen molar-refractivity contribution in [2.24, 2.45) is 0 Å². The second-order valence-electron chi connectivity index (χ2n) is 7.51. The zero-order valence-corrected chi connectivity index (χ0v) is 15.7. The average molecular weight is 346 g/mol. The standard InChI is InChI=1S/C20H30N2O3/c1-21(2)15-16-6-8-17(9-7-16)19(23)22-12-10-20(11-13-22)18(24-3)5-4-14-25-20/h6-9,18H,4-5,10-15H2,1-3H3/t18-/m1/s1. The Kier molecular flexibility index (Phi) is 5.77. The van der Waals surface area contributed by atoms with E-state index in [1.54, 1.807) is 7.11 Å². The highest BCUT2D eigenvalue weighted by Gasteiger charge is 2.45. The van der Waals surface area contributed by atoms with Crippen LogP contribution in [0.3, 0.4) is 0 Å². The molecule has 0 unspecified atom stereocenters. The third kappa shape index (κ3) is 4.05. The third-order valence-corrected chi connectivity index (χ3v) is 5.47. The molecule has 3 rings (SSSR count). The van der Waals surface area contributed by atoms with Gasteiger partial charge in [-0.1, -0.05) is 12.1 Å². The number of methoxy groups -OCH3 is 1. The molecule has 138 valence electrons. The number of rotatable bonds is 4. The number of carbonyl (C=O) groups excluding carboxylic acids is 1. The topological polar surface area (TPSA) is 42.0 Å². The maximum absolute atomic E-state index is 12.8. The molecule has 2 heterocycles. The molecule has 2 saturated heterocycles. The highest BCUT2D eigenvalue weighted by molar-refractivity contribution is 5.94. The fourth-order valence-corrected chi connectivity index (χ4v) is 4.09. The summed E-state index contributed by atoms with van der Waals surface area (Å²) in [6, 6.07) is 7.98. The summed E-state index contributed by atoms with van der Waals surface area (Å²) in [6.45, 7) is 3.16. The Hall–Kier alpha value is -1.43. The second kappa shape index (κ2) is 7.85. The summed E-state index contributed by atoms with van der Waals surface area (Å²) in [6.07, 6.45) is 3.98. The van der Waals surface area contributed by atoms with E-state index >= 15 is 0 Å². The highest BCUT2D eigenvalue weighted by atomic mass is 16.5. The van der Waals surface area contributed by atoms with Crippen molar-refractivity contribution in [3.63, 3.8) is 0 Å². The van der Waals surface area contributed by atoms with Gasteiger partial charge in [0.05, 0.1) is 11.7 Å². The smallest absolute Gasteiger partial charge is 0.253 e. The van der Waals surface area contributed by atoms with Gasteiger partial charge >= 0.3 is 0 Å². The fourth-order valence-electron chi connectivity index (χ4n) is 4.09. The maximum Gasteiger partial charge on any atom is 0.253 e. The van der Waals surface area contributed by atoms with Crippen LogP contribution in [-0.4, -0.2) is 68.3 Å². The zero-order valence-electron chi connectivity index (χ0n) is 15.7. The number of piperidine rings is 1. The van der Waals surface area contributed by atoms with Crippen LogP contribution in [0, 0.1) is 0 Å². The van der Waals surface area contributed by atoms with Crippen molar-refractivity contribution in [2.75, 3.05) is 40.9 Å². The normalized spacial score (nSPS) is 23.2. The lowest BCUT2D eigenvalue weighted by Crippen LogP contribution is -2.56. The molecule has 1 aromatic carbocycles. The Morgan fingerprint density at radius 2 is 1.96 bits per heavy atom. The van der Waals surface area contributed by atoms with E-state index < -0.39 is 0 Å². The van der Waals surface area contributed by atoms with Gasteiger partial charge in [0.25, 0.3) is 5.91 Å². The van der Waals surface area contributed by atoms with Crippen molar-refractivity contribution >= 4 is 5.91 Å². The van der Waals surface area contributed by atoms with Crippen molar-refractivity contribution < 1.29 is 14.3 Å². The van der Waals surface area contributed by atoms with E-state index in [1.165, 1.54) is 5.56 Å². The number of likely N-dealkylation sites (tertiary alicyclic amines) is 1. The number of amides is 1. The minimum Gasteiger partial charge on any atom is -0.378 e. The van der Waals surface area contributed by atoms with Gasteiger partial charge in [0, 0.05) is 38.9 Å². The van der Waals surface area contributed by atoms with E-state index in [0.29, 0.717) is 0 Å². The van der Waals surface area contributed by atoms with E-state index in [1.807, 2.05) is 43.3 Å². The molecule has 1 atom stereocenters. The summed E-state index contributed by atoms with van der Waals surface area (Å²) in [7, 11) is 5.86. The maximum atomic E-state index is 12.8. The SMILES string of the molecule is CO[C@@H]1CCCOC12CCN(C(=O)c1ccc(CN(C)C)cc1)CC2. The molecule has 0 aliphatic carbocycles. The van der Waals surface area contributed by atoms with Gasteiger partial charge < -0.3 is 19.3 Å². The molecule has 0 bridgehead atoms. The molecular formula is C20H30N2O3. The van der Waals surface area contributed by atoms with Crippen molar-refractivity contribution in [3.05, 3.63) is 35.4 Å². The summed E-state index contributed by atoms with van der Waals surface area (Å²) < 4.78 is 11.8. The van der Waals surface area contributed by atoms with Crippen LogP contribution in [0.15, 0.2) is 24.3 Å². The van der Waals surface area contributed by atoms with Crippen LogP contribution in [0.4, 0.5) is 0 Å². The predicted molar refractivity (Wildman–Crippen MR) is 97.7 cm³/mol. The van der Waals surface area contributed by atoms with Gasteiger partial charge in [-0.15, -0.1) is 0 Å². The first kappa shape index (κ1) is 18.4. The van der Waals surface area contributed by atoms with Gasteiger partial charge in [-0.3, -0.25) is 4.79 Å². The monoisotopic (exact) mass is 346 g/mol. The molecule has 2 aliphatic rings. The van der Waals surface area contributed by atoms with Gasteiger partial charge in [-0.05, 0) is 57.5 Å². The van der Waals surface area contributed by atoms with Gasteiger partial charge in [0.2, 0.25) is 0 Å². The summed E-state index contributed by atoms with van der Waals surface area (Å²) in [4.78, 5) is 16.9. The van der Waals surface area contributed by atoms with E-state index in [4.69, 9.17) is 9.47 Å². The lowest BCUT2D eigenvalue weighted by Gasteiger charge is -2.48. The van der Waals surface area contributed by atoms with Crippen LogP contribution in [0.5, 0.6) is 0 Å². The van der Waals surface area contributed by atoms with E-state index in [0.717, 1.165) is 57.5 Å². The fraction of sp³-hybridized carbons (Fsp3) is 0.650. The molecule has 2 aliphatic heterocycles. The minimum absolute atomic E-state index is 0.121. The van der Waals surface area contributed by atoms with Crippen molar-refractivity contribution in [3.8, 4) is 0 Å². The molecule has 0 aromatic heterocycles. The molecule has 2 fully saturated rings. The zero-order chi connectivity index (χ0) is 17.9. The van der Waals surface area contributed by atoms with Crippen LogP contribution in [0.1, 0.15) is 41.6 Å². The summed E-state index contributed by atoms with van der Waals surface area (Å²) >= 11 is 0. The van der Waals surface area contributed by atoms with Crippen LogP contribution < -0.4 is 0 Å². The van der Waals surface area contributed by atoms with E-state index in [9.17, 15) is 4.79 Å². The van der Waals surface area contributed by atoms with Gasteiger partial charge in [0.15, 0.2) is 0 Å². The molecule has 0 N–H and O–H groups in total. The largest absolute Gasteiger partial charge is 0.378 e. The highest BCUT2D eigenvalue weighted by Crippen LogP contribution is 2.37. The molecule has 5 nitrogen and oxygen atoms in total. The quantitative estimate of drug-likeness (QED) is 0.840. The average Bonchev–Trinajstić information content (AvgIpc) is 2.62. The Labute approximate surface area is 150 Å². The number of hydrogen-bond acceptors (Lipinski definition) is 4. The Bertz CT molecular complexity index is 577. The first-order valence-electron chi connectivity index (χ1n) is 9.24. The van der Waals surface area contributed by atoms with Crippen LogP contribution in [-0.2, 0) is 16.0 Å². The first-order chi connectivity index (χ1) is 12.0. The molecule has 25 heavy (non-hydrogen) atoms. The summed E-state index contributed by atoms with van der Waals surface area (Å²) in [5.74, 6) is 0.121. The number of nitrogens with zero attached hydrogens (tertiary/aromatic N) is 2. The molecule has 0 saturated carbocycles. The summed E-state index contributed by atoms with van der Waals surface area (Å²) in [5.41, 5.74) is 1.79. The molecular weight excluding hydrogens is 316 g/mol. The summed E-state index contributed by atoms with van der Waals surface area (Å²) in [5, 5.41) is 0. The van der Waals surface area contributed by atoms with E-state index in [2.05, 4.69) is 4.90 Å². The Morgan fingerprint density at radius 3 is 2.56 bits per heavy atom. The van der Waals surface area contributed by atoms with Crippen molar-refractivity contribution in [2.45, 2.75) is 43.9 Å². The number of carbonyl (C=O) groups is 1. The van der Waals surface area contributed by atoms with Crippen LogP contribution >= 0.6 is 0 Å². The molecule has 5 heteroatoms. The second-order valence-corrected chi connectivity index (χ2v) is 7.51. The van der Waals surface area contributed by atoms with E-state index in [-0.39, 0.29) is 17.6 Å². The number of benzene rings is 1. The first-order valence-corrected chi connectivity index (χ1v) is 9.24. The lowest BCUT2D eigenvalue weighted by molar-refractivity contribution is -0.183. The third-order valence-electron chi connectivity index (χ3n) is 5.47. The molecule has 1 spiro atoms. The predicted octanol–water partition coefficient (Wildman–Crippen LogP) is 2.55. The number of hydrogen-bond donors (Lipinski definition) is 0. The molecule has 0 radical (unpaired) electrons. The van der Waals surface area contributed by atoms with Gasteiger partial charge in [0.1, 0.15) is 0 Å². The van der Waals surface area contributed by atoms with Crippen LogP contribution in [0.2, 0.25) is 0 Å². The lowest BCUT2D eigenvalue weighted by atomic mass is 9.81. The minimum atomic E-state index is -0.195. The molecule has 1 aromatic rings. The van der Waals surface area contributed by atoms with Crippen molar-refractivity contribution in [1.82, 2.24) is 9.80 Å². The Morgan fingerprint density at radius 1 is 1.28 bits per heavy atom. The number of ether oxygens (including phenoxy) is 2.